The van der Waals surface area contributed by atoms with E-state index in [1.165, 1.54) is 24.3 Å². The van der Waals surface area contributed by atoms with Gasteiger partial charge in [-0.05, 0) is 36.4 Å². The molecule has 0 fully saturated rings. The highest BCUT2D eigenvalue weighted by molar-refractivity contribution is 6.25. The van der Waals surface area contributed by atoms with Gasteiger partial charge in [0, 0.05) is 23.3 Å². The fraction of sp³-hybridized carbons (Fsp3) is 0. The molecular weight excluding hydrogens is 332 g/mol. The summed E-state index contributed by atoms with van der Waals surface area (Å²) in [4.78, 5) is 37.2. The van der Waals surface area contributed by atoms with Crippen molar-refractivity contribution in [1.29, 1.82) is 0 Å². The van der Waals surface area contributed by atoms with Crippen molar-refractivity contribution in [3.63, 3.8) is 0 Å². The van der Waals surface area contributed by atoms with E-state index in [0.717, 1.165) is 4.90 Å². The van der Waals surface area contributed by atoms with Gasteiger partial charge in [-0.1, -0.05) is 36.4 Å². The summed E-state index contributed by atoms with van der Waals surface area (Å²) in [6.45, 7) is 0. The van der Waals surface area contributed by atoms with Crippen LogP contribution in [-0.2, 0) is 0 Å². The van der Waals surface area contributed by atoms with Crippen molar-refractivity contribution in [1.82, 2.24) is 0 Å². The number of benzene rings is 3. The van der Waals surface area contributed by atoms with E-state index in [2.05, 4.69) is 0 Å². The molecule has 3 aromatic carbocycles. The number of carbonyl (C=O) groups excluding carboxylic acids is 2. The zero-order valence-corrected chi connectivity index (χ0v) is 13.6. The van der Waals surface area contributed by atoms with Crippen molar-refractivity contribution in [3.05, 3.63) is 106 Å². The molecule has 0 unspecified atom stereocenters. The van der Waals surface area contributed by atoms with Gasteiger partial charge in [0.05, 0.1) is 10.6 Å². The molecule has 0 radical (unpaired) electrons. The van der Waals surface area contributed by atoms with Gasteiger partial charge in [0.25, 0.3) is 17.5 Å². The lowest BCUT2D eigenvalue weighted by molar-refractivity contribution is -0.384. The Morgan fingerprint density at radius 1 is 0.692 bits per heavy atom. The Labute approximate surface area is 149 Å². The van der Waals surface area contributed by atoms with Gasteiger partial charge in [0.2, 0.25) is 0 Å². The number of amides is 2. The quantitative estimate of drug-likeness (QED) is 0.405. The molecular formula is C20H14N2O4. The topological polar surface area (TPSA) is 80.5 Å². The number of hydrogen-bond acceptors (Lipinski definition) is 4. The van der Waals surface area contributed by atoms with Crippen LogP contribution in [0.5, 0.6) is 0 Å². The number of anilines is 1. The van der Waals surface area contributed by atoms with Crippen molar-refractivity contribution in [2.24, 2.45) is 0 Å². The van der Waals surface area contributed by atoms with E-state index in [1.54, 1.807) is 60.7 Å². The fourth-order valence-corrected chi connectivity index (χ4v) is 2.47. The van der Waals surface area contributed by atoms with Crippen LogP contribution >= 0.6 is 0 Å². The summed E-state index contributed by atoms with van der Waals surface area (Å²) in [5, 5.41) is 10.8. The molecule has 0 aliphatic rings. The Hall–Kier alpha value is -3.80. The summed E-state index contributed by atoms with van der Waals surface area (Å²) in [6.07, 6.45) is 0. The van der Waals surface area contributed by atoms with Crippen molar-refractivity contribution < 1.29 is 14.5 Å². The number of imide groups is 1. The summed E-state index contributed by atoms with van der Waals surface area (Å²) in [6, 6.07) is 22.2. The second-order valence-corrected chi connectivity index (χ2v) is 5.45. The van der Waals surface area contributed by atoms with E-state index in [1.807, 2.05) is 0 Å². The highest BCUT2D eigenvalue weighted by atomic mass is 16.6. The first kappa shape index (κ1) is 17.0. The molecule has 0 atom stereocenters. The second-order valence-electron chi connectivity index (χ2n) is 5.45. The van der Waals surface area contributed by atoms with Crippen LogP contribution in [0, 0.1) is 10.1 Å². The number of carbonyl (C=O) groups is 2. The van der Waals surface area contributed by atoms with Crippen LogP contribution in [0.4, 0.5) is 11.4 Å². The van der Waals surface area contributed by atoms with Gasteiger partial charge in [0.15, 0.2) is 0 Å². The van der Waals surface area contributed by atoms with Crippen LogP contribution < -0.4 is 4.90 Å². The van der Waals surface area contributed by atoms with Gasteiger partial charge in [-0.2, -0.15) is 0 Å². The number of rotatable bonds is 4. The molecule has 0 N–H and O–H groups in total. The SMILES string of the molecule is O=C(c1ccccc1)N(C(=O)c1ccc([N+](=O)[O-])cc1)c1ccccc1. The maximum absolute atomic E-state index is 13.0. The number of para-hydroxylation sites is 1. The van der Waals surface area contributed by atoms with Gasteiger partial charge in [-0.15, -0.1) is 0 Å². The largest absolute Gasteiger partial charge is 0.269 e. The van der Waals surface area contributed by atoms with Gasteiger partial charge in [-0.25, -0.2) is 4.90 Å². The first-order valence-corrected chi connectivity index (χ1v) is 7.81. The third-order valence-electron chi connectivity index (χ3n) is 3.77. The molecule has 6 nitrogen and oxygen atoms in total. The summed E-state index contributed by atoms with van der Waals surface area (Å²) >= 11 is 0. The minimum Gasteiger partial charge on any atom is -0.268 e. The Balaban J connectivity index is 2.01. The van der Waals surface area contributed by atoms with Crippen molar-refractivity contribution in [2.75, 3.05) is 4.90 Å². The number of nitro benzene ring substituents is 1. The first-order valence-electron chi connectivity index (χ1n) is 7.81. The first-order chi connectivity index (χ1) is 12.6. The summed E-state index contributed by atoms with van der Waals surface area (Å²) in [5.41, 5.74) is 0.849. The Morgan fingerprint density at radius 2 is 1.15 bits per heavy atom. The van der Waals surface area contributed by atoms with Crippen LogP contribution in [0.1, 0.15) is 20.7 Å². The van der Waals surface area contributed by atoms with Crippen LogP contribution in [0.25, 0.3) is 0 Å². The standard InChI is InChI=1S/C20H14N2O4/c23-19(15-7-3-1-4-8-15)21(17-9-5-2-6-10-17)20(24)16-11-13-18(14-12-16)22(25)26/h1-14H. The highest BCUT2D eigenvalue weighted by Crippen LogP contribution is 2.21. The van der Waals surface area contributed by atoms with Crippen LogP contribution in [-0.4, -0.2) is 16.7 Å². The average Bonchev–Trinajstić information content (AvgIpc) is 2.69. The summed E-state index contributed by atoms with van der Waals surface area (Å²) < 4.78 is 0. The van der Waals surface area contributed by atoms with Gasteiger partial charge < -0.3 is 0 Å². The predicted molar refractivity (Wildman–Crippen MR) is 97.1 cm³/mol. The molecule has 3 rings (SSSR count). The van der Waals surface area contributed by atoms with Crippen LogP contribution in [0.2, 0.25) is 0 Å². The zero-order chi connectivity index (χ0) is 18.5. The van der Waals surface area contributed by atoms with Gasteiger partial charge in [-0.3, -0.25) is 19.7 Å². The maximum atomic E-state index is 13.0. The molecule has 6 heteroatoms. The third-order valence-corrected chi connectivity index (χ3v) is 3.77. The summed E-state index contributed by atoms with van der Waals surface area (Å²) in [5.74, 6) is -1.03. The smallest absolute Gasteiger partial charge is 0.268 e. The van der Waals surface area contributed by atoms with Crippen LogP contribution in [0.15, 0.2) is 84.9 Å². The molecule has 0 saturated carbocycles. The van der Waals surface area contributed by atoms with Gasteiger partial charge >= 0.3 is 0 Å². The van der Waals surface area contributed by atoms with Crippen molar-refractivity contribution in [3.8, 4) is 0 Å². The van der Waals surface area contributed by atoms with E-state index in [-0.39, 0.29) is 11.3 Å². The molecule has 0 bridgehead atoms. The normalized spacial score (nSPS) is 10.2. The molecule has 2 amide bonds. The predicted octanol–water partition coefficient (Wildman–Crippen LogP) is 4.08. The molecule has 26 heavy (non-hydrogen) atoms. The highest BCUT2D eigenvalue weighted by Gasteiger charge is 2.26. The molecule has 0 aromatic heterocycles. The van der Waals surface area contributed by atoms with E-state index < -0.39 is 16.7 Å². The Bertz CT molecular complexity index is 939. The van der Waals surface area contributed by atoms with E-state index in [4.69, 9.17) is 0 Å². The lowest BCUT2D eigenvalue weighted by atomic mass is 10.1. The van der Waals surface area contributed by atoms with Gasteiger partial charge in [0.1, 0.15) is 0 Å². The monoisotopic (exact) mass is 346 g/mol. The Morgan fingerprint density at radius 3 is 1.65 bits per heavy atom. The fourth-order valence-electron chi connectivity index (χ4n) is 2.47. The number of hydrogen-bond donors (Lipinski definition) is 0. The summed E-state index contributed by atoms with van der Waals surface area (Å²) in [7, 11) is 0. The third kappa shape index (κ3) is 3.49. The van der Waals surface area contributed by atoms with Crippen molar-refractivity contribution in [2.45, 2.75) is 0 Å². The molecule has 0 spiro atoms. The van der Waals surface area contributed by atoms with Crippen LogP contribution in [0.3, 0.4) is 0 Å². The molecule has 0 saturated heterocycles. The number of nitro groups is 1. The molecule has 128 valence electrons. The van der Waals surface area contributed by atoms with E-state index >= 15 is 0 Å². The van der Waals surface area contributed by atoms with E-state index in [0.29, 0.717) is 11.3 Å². The Kier molecular flexibility index (Phi) is 4.85. The molecule has 0 heterocycles. The average molecular weight is 346 g/mol. The number of nitrogens with zero attached hydrogens (tertiary/aromatic N) is 2. The molecule has 0 aliphatic carbocycles. The minimum atomic E-state index is -0.556. The lowest BCUT2D eigenvalue weighted by Gasteiger charge is -2.21. The van der Waals surface area contributed by atoms with Crippen molar-refractivity contribution >= 4 is 23.2 Å². The maximum Gasteiger partial charge on any atom is 0.269 e. The second kappa shape index (κ2) is 7.40. The lowest BCUT2D eigenvalue weighted by Crippen LogP contribution is -2.37. The minimum absolute atomic E-state index is 0.123. The number of non-ortho nitro benzene ring substituents is 1. The zero-order valence-electron chi connectivity index (χ0n) is 13.6. The molecule has 0 aliphatic heterocycles. The van der Waals surface area contributed by atoms with E-state index in [9.17, 15) is 19.7 Å². The molecule has 3 aromatic rings.